The Morgan fingerprint density at radius 3 is 2.95 bits per heavy atom. The zero-order chi connectivity index (χ0) is 15.2. The molecule has 21 heavy (non-hydrogen) atoms. The number of carbonyl (C=O) groups excluding carboxylic acids is 1. The molecule has 1 atom stereocenters. The van der Waals surface area contributed by atoms with Crippen molar-refractivity contribution in [2.75, 3.05) is 19.7 Å². The molecule has 0 radical (unpaired) electrons. The summed E-state index contributed by atoms with van der Waals surface area (Å²) in [6.07, 6.45) is 0.401. The van der Waals surface area contributed by atoms with Crippen LogP contribution in [0.25, 0.3) is 0 Å². The van der Waals surface area contributed by atoms with Crippen molar-refractivity contribution in [3.05, 3.63) is 34.9 Å². The van der Waals surface area contributed by atoms with Crippen molar-refractivity contribution in [2.24, 2.45) is 0 Å². The van der Waals surface area contributed by atoms with Crippen LogP contribution in [0.3, 0.4) is 0 Å². The molecule has 2 rings (SSSR count). The number of benzene rings is 1. The normalized spacial score (nSPS) is 18.8. The SMILES string of the molecule is CC(C)N(Cc1cccc(Cl)c1)C(=O)CC1CNCCO1. The molecular formula is C16H23ClN2O2. The molecule has 0 spiro atoms. The van der Waals surface area contributed by atoms with Gasteiger partial charge in [-0.2, -0.15) is 0 Å². The third-order valence-corrected chi connectivity index (χ3v) is 3.83. The van der Waals surface area contributed by atoms with Gasteiger partial charge < -0.3 is 15.0 Å². The van der Waals surface area contributed by atoms with Crippen LogP contribution < -0.4 is 5.32 Å². The molecule has 116 valence electrons. The van der Waals surface area contributed by atoms with Crippen molar-refractivity contribution in [3.63, 3.8) is 0 Å². The molecule has 0 aromatic heterocycles. The number of nitrogens with one attached hydrogen (secondary N) is 1. The summed E-state index contributed by atoms with van der Waals surface area (Å²) in [6, 6.07) is 7.80. The maximum Gasteiger partial charge on any atom is 0.225 e. The Labute approximate surface area is 131 Å². The first-order valence-electron chi connectivity index (χ1n) is 7.42. The Balaban J connectivity index is 1.98. The zero-order valence-electron chi connectivity index (χ0n) is 12.6. The average molecular weight is 311 g/mol. The highest BCUT2D eigenvalue weighted by molar-refractivity contribution is 6.30. The minimum atomic E-state index is -0.0214. The van der Waals surface area contributed by atoms with E-state index < -0.39 is 0 Å². The average Bonchev–Trinajstić information content (AvgIpc) is 2.45. The number of amides is 1. The molecule has 1 heterocycles. The second kappa shape index (κ2) is 7.78. The number of halogens is 1. The number of nitrogens with zero attached hydrogens (tertiary/aromatic N) is 1. The van der Waals surface area contributed by atoms with Crippen molar-refractivity contribution in [2.45, 2.75) is 39.0 Å². The standard InChI is InChI=1S/C16H23ClN2O2/c1-12(2)19(11-13-4-3-5-14(17)8-13)16(20)9-15-10-18-6-7-21-15/h3-5,8,12,15,18H,6-7,9-11H2,1-2H3. The van der Waals surface area contributed by atoms with E-state index in [0.29, 0.717) is 24.6 Å². The third kappa shape index (κ3) is 4.99. The van der Waals surface area contributed by atoms with Crippen LogP contribution >= 0.6 is 11.6 Å². The molecule has 1 saturated heterocycles. The molecule has 0 aliphatic carbocycles. The van der Waals surface area contributed by atoms with Gasteiger partial charge in [0.1, 0.15) is 0 Å². The number of ether oxygens (including phenoxy) is 1. The van der Waals surface area contributed by atoms with Crippen LogP contribution in [0, 0.1) is 0 Å². The molecule has 1 amide bonds. The fourth-order valence-electron chi connectivity index (χ4n) is 2.45. The van der Waals surface area contributed by atoms with Crippen molar-refractivity contribution in [1.82, 2.24) is 10.2 Å². The van der Waals surface area contributed by atoms with E-state index in [1.807, 2.05) is 43.0 Å². The van der Waals surface area contributed by atoms with Crippen molar-refractivity contribution >= 4 is 17.5 Å². The molecular weight excluding hydrogens is 288 g/mol. The van der Waals surface area contributed by atoms with Crippen LogP contribution in [0.4, 0.5) is 0 Å². The predicted molar refractivity (Wildman–Crippen MR) is 84.4 cm³/mol. The molecule has 5 heteroatoms. The van der Waals surface area contributed by atoms with Crippen LogP contribution in [-0.2, 0) is 16.1 Å². The summed E-state index contributed by atoms with van der Waals surface area (Å²) in [5.74, 6) is 0.124. The minimum Gasteiger partial charge on any atom is -0.375 e. The first-order valence-corrected chi connectivity index (χ1v) is 7.80. The molecule has 0 saturated carbocycles. The summed E-state index contributed by atoms with van der Waals surface area (Å²) in [4.78, 5) is 14.4. The van der Waals surface area contributed by atoms with E-state index >= 15 is 0 Å². The zero-order valence-corrected chi connectivity index (χ0v) is 13.4. The second-order valence-corrected chi connectivity index (χ2v) is 6.08. The number of morpholine rings is 1. The van der Waals surface area contributed by atoms with Crippen LogP contribution in [0.1, 0.15) is 25.8 Å². The number of hydrogen-bond donors (Lipinski definition) is 1. The van der Waals surface area contributed by atoms with E-state index in [4.69, 9.17) is 16.3 Å². The molecule has 1 N–H and O–H groups in total. The third-order valence-electron chi connectivity index (χ3n) is 3.59. The predicted octanol–water partition coefficient (Wildman–Crippen LogP) is 2.46. The molecule has 1 aliphatic rings. The van der Waals surface area contributed by atoms with E-state index in [1.165, 1.54) is 0 Å². The molecule has 1 fully saturated rings. The van der Waals surface area contributed by atoms with Gasteiger partial charge in [-0.05, 0) is 31.5 Å². The minimum absolute atomic E-state index is 0.0214. The Morgan fingerprint density at radius 2 is 2.33 bits per heavy atom. The Kier molecular flexibility index (Phi) is 6.03. The highest BCUT2D eigenvalue weighted by Gasteiger charge is 2.23. The molecule has 1 aromatic carbocycles. The monoisotopic (exact) mass is 310 g/mol. The van der Waals surface area contributed by atoms with Crippen molar-refractivity contribution < 1.29 is 9.53 Å². The van der Waals surface area contributed by atoms with Gasteiger partial charge in [-0.3, -0.25) is 4.79 Å². The summed E-state index contributed by atoms with van der Waals surface area (Å²) >= 11 is 6.01. The lowest BCUT2D eigenvalue weighted by Gasteiger charge is -2.30. The van der Waals surface area contributed by atoms with Crippen LogP contribution in [-0.4, -0.2) is 42.6 Å². The van der Waals surface area contributed by atoms with E-state index in [-0.39, 0.29) is 18.1 Å². The highest BCUT2D eigenvalue weighted by atomic mass is 35.5. The maximum absolute atomic E-state index is 12.5. The van der Waals surface area contributed by atoms with Crippen LogP contribution in [0.2, 0.25) is 5.02 Å². The molecule has 1 unspecified atom stereocenters. The summed E-state index contributed by atoms with van der Waals surface area (Å²) in [5.41, 5.74) is 1.05. The summed E-state index contributed by atoms with van der Waals surface area (Å²) in [6.45, 7) is 6.92. The van der Waals surface area contributed by atoms with E-state index in [2.05, 4.69) is 5.32 Å². The fraction of sp³-hybridized carbons (Fsp3) is 0.562. The van der Waals surface area contributed by atoms with E-state index in [9.17, 15) is 4.79 Å². The smallest absolute Gasteiger partial charge is 0.225 e. The second-order valence-electron chi connectivity index (χ2n) is 5.65. The molecule has 0 bridgehead atoms. The molecule has 1 aliphatic heterocycles. The quantitative estimate of drug-likeness (QED) is 0.908. The van der Waals surface area contributed by atoms with Gasteiger partial charge in [0.2, 0.25) is 5.91 Å². The van der Waals surface area contributed by atoms with Gasteiger partial charge in [0.15, 0.2) is 0 Å². The Morgan fingerprint density at radius 1 is 1.52 bits per heavy atom. The number of hydrogen-bond acceptors (Lipinski definition) is 3. The summed E-state index contributed by atoms with van der Waals surface area (Å²) in [5, 5.41) is 3.95. The van der Waals surface area contributed by atoms with Crippen LogP contribution in [0.5, 0.6) is 0 Å². The molecule has 1 aromatic rings. The van der Waals surface area contributed by atoms with E-state index in [0.717, 1.165) is 18.7 Å². The van der Waals surface area contributed by atoms with Crippen molar-refractivity contribution in [1.29, 1.82) is 0 Å². The van der Waals surface area contributed by atoms with Gasteiger partial charge in [0.05, 0.1) is 19.1 Å². The first kappa shape index (κ1) is 16.3. The molecule has 4 nitrogen and oxygen atoms in total. The summed E-state index contributed by atoms with van der Waals surface area (Å²) < 4.78 is 5.62. The Hall–Kier alpha value is -1.10. The largest absolute Gasteiger partial charge is 0.375 e. The van der Waals surface area contributed by atoms with Gasteiger partial charge in [-0.25, -0.2) is 0 Å². The van der Waals surface area contributed by atoms with E-state index in [1.54, 1.807) is 0 Å². The fourth-order valence-corrected chi connectivity index (χ4v) is 2.67. The number of carbonyl (C=O) groups is 1. The van der Waals surface area contributed by atoms with Gasteiger partial charge in [-0.15, -0.1) is 0 Å². The lowest BCUT2D eigenvalue weighted by atomic mass is 10.1. The first-order chi connectivity index (χ1) is 10.1. The summed E-state index contributed by atoms with van der Waals surface area (Å²) in [7, 11) is 0. The van der Waals surface area contributed by atoms with Gasteiger partial charge in [0.25, 0.3) is 0 Å². The highest BCUT2D eigenvalue weighted by Crippen LogP contribution is 2.16. The van der Waals surface area contributed by atoms with Gasteiger partial charge in [0, 0.05) is 30.7 Å². The van der Waals surface area contributed by atoms with Gasteiger partial charge in [-0.1, -0.05) is 23.7 Å². The van der Waals surface area contributed by atoms with Crippen molar-refractivity contribution in [3.8, 4) is 0 Å². The Bertz CT molecular complexity index is 473. The topological polar surface area (TPSA) is 41.6 Å². The van der Waals surface area contributed by atoms with Crippen LogP contribution in [0.15, 0.2) is 24.3 Å². The lowest BCUT2D eigenvalue weighted by molar-refractivity contribution is -0.137. The van der Waals surface area contributed by atoms with Gasteiger partial charge >= 0.3 is 0 Å². The lowest BCUT2D eigenvalue weighted by Crippen LogP contribution is -2.44. The maximum atomic E-state index is 12.5. The number of rotatable bonds is 5.